The molecular formula is C11H17ClN2OS. The van der Waals surface area contributed by atoms with Crippen LogP contribution < -0.4 is 4.72 Å². The minimum absolute atomic E-state index is 0.0134. The van der Waals surface area contributed by atoms with Crippen molar-refractivity contribution in [1.82, 2.24) is 9.71 Å². The van der Waals surface area contributed by atoms with Crippen molar-refractivity contribution in [3.8, 4) is 0 Å². The molecule has 0 spiro atoms. The molecular weight excluding hydrogens is 244 g/mol. The number of hydrogen-bond donors (Lipinski definition) is 1. The molecule has 1 heterocycles. The van der Waals surface area contributed by atoms with Gasteiger partial charge in [0, 0.05) is 17.6 Å². The van der Waals surface area contributed by atoms with E-state index in [2.05, 4.69) is 9.71 Å². The van der Waals surface area contributed by atoms with Gasteiger partial charge in [-0.1, -0.05) is 11.6 Å². The van der Waals surface area contributed by atoms with Gasteiger partial charge in [0.2, 0.25) is 0 Å². The lowest BCUT2D eigenvalue weighted by atomic mass is 10.1. The van der Waals surface area contributed by atoms with Gasteiger partial charge in [0.05, 0.1) is 6.04 Å². The molecule has 0 fully saturated rings. The predicted molar refractivity (Wildman–Crippen MR) is 68.7 cm³/mol. The lowest BCUT2D eigenvalue weighted by Gasteiger charge is -2.26. The highest BCUT2D eigenvalue weighted by Crippen LogP contribution is 2.20. The summed E-state index contributed by atoms with van der Waals surface area (Å²) in [6.45, 7) is 7.75. The summed E-state index contributed by atoms with van der Waals surface area (Å²) in [5, 5.41) is 0.452. The minimum atomic E-state index is -1.09. The van der Waals surface area contributed by atoms with Gasteiger partial charge in [-0.3, -0.25) is 0 Å². The summed E-state index contributed by atoms with van der Waals surface area (Å²) in [4.78, 5) is 3.91. The third kappa shape index (κ3) is 3.94. The van der Waals surface area contributed by atoms with E-state index in [1.54, 1.807) is 12.3 Å². The van der Waals surface area contributed by atoms with E-state index in [9.17, 15) is 4.55 Å². The monoisotopic (exact) mass is 260 g/mol. The maximum absolute atomic E-state index is 11.9. The summed E-state index contributed by atoms with van der Waals surface area (Å²) >= 11 is 4.71. The fourth-order valence-corrected chi connectivity index (χ4v) is 2.09. The molecule has 0 amide bonds. The molecule has 90 valence electrons. The molecule has 0 bridgehead atoms. The maximum atomic E-state index is 11.9. The van der Waals surface area contributed by atoms with Gasteiger partial charge >= 0.3 is 0 Å². The molecule has 3 nitrogen and oxygen atoms in total. The number of aromatic nitrogens is 1. The lowest BCUT2D eigenvalue weighted by molar-refractivity contribution is 0.531. The Labute approximate surface area is 105 Å². The van der Waals surface area contributed by atoms with Gasteiger partial charge in [-0.2, -0.15) is 0 Å². The van der Waals surface area contributed by atoms with Crippen molar-refractivity contribution >= 4 is 23.0 Å². The van der Waals surface area contributed by atoms with Crippen LogP contribution in [0.5, 0.6) is 0 Å². The molecule has 1 aromatic rings. The number of halogens is 1. The Morgan fingerprint density at radius 2 is 2.12 bits per heavy atom. The fraction of sp³-hybridized carbons (Fsp3) is 0.545. The summed E-state index contributed by atoms with van der Waals surface area (Å²) in [6, 6.07) is 3.63. The first-order valence-electron chi connectivity index (χ1n) is 5.10. The van der Waals surface area contributed by atoms with Crippen LogP contribution in [0, 0.1) is 0 Å². The molecule has 5 heteroatoms. The van der Waals surface area contributed by atoms with Crippen molar-refractivity contribution in [2.45, 2.75) is 38.5 Å². The van der Waals surface area contributed by atoms with E-state index in [-0.39, 0.29) is 10.8 Å². The Kier molecular flexibility index (Phi) is 4.62. The van der Waals surface area contributed by atoms with Crippen LogP contribution in [0.3, 0.4) is 0 Å². The molecule has 1 rings (SSSR count). The third-order valence-corrected chi connectivity index (χ3v) is 3.98. The molecule has 0 aliphatic rings. The van der Waals surface area contributed by atoms with E-state index in [0.717, 1.165) is 5.56 Å². The number of nitrogens with one attached hydrogen (secondary N) is 1. The molecule has 0 radical (unpaired) electrons. The van der Waals surface area contributed by atoms with E-state index >= 15 is 0 Å². The maximum Gasteiger partial charge on any atom is 0.136 e. The highest BCUT2D eigenvalue weighted by atomic mass is 35.5. The number of nitrogens with zero attached hydrogens (tertiary/aromatic N) is 1. The van der Waals surface area contributed by atoms with Crippen molar-refractivity contribution < 1.29 is 4.55 Å². The van der Waals surface area contributed by atoms with Gasteiger partial charge in [0.1, 0.15) is 9.90 Å². The zero-order valence-electron chi connectivity index (χ0n) is 9.95. The topological polar surface area (TPSA) is 48.0 Å². The molecule has 0 aromatic carbocycles. The SMILES string of the molecule is C[C@@H](N[S+]([O-])C(C)(C)C)c1ccnc(Cl)c1. The Hall–Kier alpha value is -0.290. The smallest absolute Gasteiger partial charge is 0.136 e. The van der Waals surface area contributed by atoms with Gasteiger partial charge in [0.15, 0.2) is 0 Å². The fourth-order valence-electron chi connectivity index (χ4n) is 1.09. The average molecular weight is 261 g/mol. The standard InChI is InChI=1S/C11H17ClN2OS/c1-8(14-16(15)11(2,3)4)9-5-6-13-10(12)7-9/h5-8,14H,1-4H3/t8-,16?/m1/s1. The van der Waals surface area contributed by atoms with E-state index in [4.69, 9.17) is 11.6 Å². The van der Waals surface area contributed by atoms with Crippen molar-refractivity contribution in [2.24, 2.45) is 0 Å². The first-order valence-corrected chi connectivity index (χ1v) is 6.63. The second-order valence-corrected chi connectivity index (χ2v) is 7.02. The molecule has 2 atom stereocenters. The van der Waals surface area contributed by atoms with Crippen LogP contribution in [0.25, 0.3) is 0 Å². The largest absolute Gasteiger partial charge is 0.598 e. The van der Waals surface area contributed by atoms with E-state index < -0.39 is 11.4 Å². The molecule has 0 saturated heterocycles. The summed E-state index contributed by atoms with van der Waals surface area (Å²) < 4.78 is 14.7. The molecule has 16 heavy (non-hydrogen) atoms. The van der Waals surface area contributed by atoms with Gasteiger partial charge in [-0.15, -0.1) is 4.72 Å². The van der Waals surface area contributed by atoms with E-state index in [1.165, 1.54) is 0 Å². The second-order valence-electron chi connectivity index (χ2n) is 4.63. The average Bonchev–Trinajstić information content (AvgIpc) is 2.16. The number of hydrogen-bond acceptors (Lipinski definition) is 3. The molecule has 0 saturated carbocycles. The molecule has 0 aliphatic carbocycles. The Balaban J connectivity index is 2.69. The van der Waals surface area contributed by atoms with Gasteiger partial charge < -0.3 is 4.55 Å². The highest BCUT2D eigenvalue weighted by Gasteiger charge is 2.28. The zero-order valence-corrected chi connectivity index (χ0v) is 11.5. The summed E-state index contributed by atoms with van der Waals surface area (Å²) in [6.07, 6.45) is 1.65. The summed E-state index contributed by atoms with van der Waals surface area (Å²) in [5.41, 5.74) is 0.984. The highest BCUT2D eigenvalue weighted by molar-refractivity contribution is 7.90. The molecule has 1 aromatic heterocycles. The second kappa shape index (κ2) is 5.36. The zero-order chi connectivity index (χ0) is 12.3. The van der Waals surface area contributed by atoms with E-state index in [0.29, 0.717) is 5.15 Å². The van der Waals surface area contributed by atoms with E-state index in [1.807, 2.05) is 33.8 Å². The lowest BCUT2D eigenvalue weighted by Crippen LogP contribution is -2.40. The van der Waals surface area contributed by atoms with Crippen molar-refractivity contribution in [2.75, 3.05) is 0 Å². The van der Waals surface area contributed by atoms with Crippen LogP contribution in [-0.2, 0) is 11.4 Å². The number of rotatable bonds is 3. The Bertz CT molecular complexity index is 354. The predicted octanol–water partition coefficient (Wildman–Crippen LogP) is 2.85. The molecule has 1 N–H and O–H groups in total. The van der Waals surface area contributed by atoms with Crippen molar-refractivity contribution in [1.29, 1.82) is 0 Å². The molecule has 1 unspecified atom stereocenters. The van der Waals surface area contributed by atoms with Crippen LogP contribution in [0.1, 0.15) is 39.3 Å². The van der Waals surface area contributed by atoms with Gasteiger partial charge in [-0.25, -0.2) is 4.98 Å². The Morgan fingerprint density at radius 3 is 2.62 bits per heavy atom. The van der Waals surface area contributed by atoms with Crippen LogP contribution in [-0.4, -0.2) is 14.3 Å². The summed E-state index contributed by atoms with van der Waals surface area (Å²) in [7, 11) is 0. The Morgan fingerprint density at radius 1 is 1.50 bits per heavy atom. The van der Waals surface area contributed by atoms with Crippen molar-refractivity contribution in [3.63, 3.8) is 0 Å². The van der Waals surface area contributed by atoms with Gasteiger partial charge in [0.25, 0.3) is 0 Å². The normalized spacial score (nSPS) is 15.9. The van der Waals surface area contributed by atoms with Crippen LogP contribution in [0.2, 0.25) is 5.15 Å². The summed E-state index contributed by atoms with van der Waals surface area (Å²) in [5.74, 6) is 0. The van der Waals surface area contributed by atoms with Crippen molar-refractivity contribution in [3.05, 3.63) is 29.0 Å². The van der Waals surface area contributed by atoms with Crippen LogP contribution >= 0.6 is 11.6 Å². The third-order valence-electron chi connectivity index (χ3n) is 2.09. The van der Waals surface area contributed by atoms with Crippen LogP contribution in [0.4, 0.5) is 0 Å². The molecule has 0 aliphatic heterocycles. The first-order chi connectivity index (χ1) is 7.30. The van der Waals surface area contributed by atoms with Gasteiger partial charge in [-0.05, 0) is 45.4 Å². The number of pyridine rings is 1. The minimum Gasteiger partial charge on any atom is -0.598 e. The quantitative estimate of drug-likeness (QED) is 0.672. The first kappa shape index (κ1) is 13.8. The van der Waals surface area contributed by atoms with Crippen LogP contribution in [0.15, 0.2) is 18.3 Å².